The summed E-state index contributed by atoms with van der Waals surface area (Å²) in [5.41, 5.74) is 8.21. The molecule has 0 amide bonds. The van der Waals surface area contributed by atoms with Gasteiger partial charge < -0.3 is 0 Å². The van der Waals surface area contributed by atoms with Crippen LogP contribution in [-0.4, -0.2) is 0 Å². The highest BCUT2D eigenvalue weighted by Gasteiger charge is 2.16. The molecule has 2 atom stereocenters. The predicted molar refractivity (Wildman–Crippen MR) is 128 cm³/mol. The first-order valence-electron chi connectivity index (χ1n) is 11.2. The first kappa shape index (κ1) is 18.9. The fourth-order valence-electron chi connectivity index (χ4n) is 4.69. The van der Waals surface area contributed by atoms with Crippen molar-refractivity contribution in [3.05, 3.63) is 137 Å². The number of benzene rings is 2. The van der Waals surface area contributed by atoms with Gasteiger partial charge in [-0.3, -0.25) is 0 Å². The maximum atomic E-state index is 2.46. The summed E-state index contributed by atoms with van der Waals surface area (Å²) in [7, 11) is 0. The minimum Gasteiger partial charge on any atom is -0.0836 e. The molecule has 0 nitrogen and oxygen atoms in total. The van der Waals surface area contributed by atoms with Crippen LogP contribution in [0.1, 0.15) is 54.2 Å². The Hall–Kier alpha value is -3.12. The Kier molecular flexibility index (Phi) is 5.48. The highest BCUT2D eigenvalue weighted by Crippen LogP contribution is 2.35. The van der Waals surface area contributed by atoms with Crippen LogP contribution in [0, 0.1) is 0 Å². The van der Waals surface area contributed by atoms with E-state index in [1.54, 1.807) is 0 Å². The lowest BCUT2D eigenvalue weighted by Gasteiger charge is -2.21. The van der Waals surface area contributed by atoms with Gasteiger partial charge in [-0.1, -0.05) is 109 Å². The fraction of sp³-hybridized carbons (Fsp3) is 0.200. The molecule has 0 heterocycles. The SMILES string of the molecule is C1=CC(C2=CC(c3cccc(C4=CC(c5ccccc5)CC=C4)c3)CC=C2)=CCC1. The van der Waals surface area contributed by atoms with Crippen molar-refractivity contribution in [1.82, 2.24) is 0 Å². The standard InChI is InChI=1S/C30H28/c1-3-10-23(11-4-1)25-14-7-16-27(20-25)29-18-9-19-30(22-29)28-17-8-15-26(21-28)24-12-5-2-6-13-24/h1,3-5,7-13,15-16,18-22,25,28H,2,6,14,17H2. The van der Waals surface area contributed by atoms with Crippen LogP contribution in [0.4, 0.5) is 0 Å². The van der Waals surface area contributed by atoms with Crippen molar-refractivity contribution in [2.24, 2.45) is 0 Å². The van der Waals surface area contributed by atoms with Gasteiger partial charge in [-0.15, -0.1) is 0 Å². The molecule has 2 aromatic carbocycles. The number of hydrogen-bond donors (Lipinski definition) is 0. The predicted octanol–water partition coefficient (Wildman–Crippen LogP) is 8.06. The van der Waals surface area contributed by atoms with Crippen molar-refractivity contribution in [3.63, 3.8) is 0 Å². The number of hydrogen-bond acceptors (Lipinski definition) is 0. The zero-order chi connectivity index (χ0) is 20.2. The van der Waals surface area contributed by atoms with E-state index in [9.17, 15) is 0 Å². The van der Waals surface area contributed by atoms with Gasteiger partial charge in [0.25, 0.3) is 0 Å². The molecule has 3 aliphatic rings. The first-order valence-corrected chi connectivity index (χ1v) is 11.2. The summed E-state index contributed by atoms with van der Waals surface area (Å²) in [6.07, 6.45) is 25.5. The molecule has 0 saturated heterocycles. The molecule has 0 radical (unpaired) electrons. The number of rotatable bonds is 4. The van der Waals surface area contributed by atoms with E-state index < -0.39 is 0 Å². The minimum atomic E-state index is 0.444. The van der Waals surface area contributed by atoms with E-state index in [0.717, 1.165) is 19.3 Å². The summed E-state index contributed by atoms with van der Waals surface area (Å²) in [6.45, 7) is 0. The van der Waals surface area contributed by atoms with Crippen LogP contribution in [0.5, 0.6) is 0 Å². The summed E-state index contributed by atoms with van der Waals surface area (Å²) in [5.74, 6) is 0.906. The molecular formula is C30H28. The second-order valence-corrected chi connectivity index (χ2v) is 8.41. The van der Waals surface area contributed by atoms with E-state index in [1.807, 2.05) is 0 Å². The summed E-state index contributed by atoms with van der Waals surface area (Å²) in [6, 6.07) is 20.0. The molecule has 3 aliphatic carbocycles. The van der Waals surface area contributed by atoms with E-state index in [-0.39, 0.29) is 0 Å². The van der Waals surface area contributed by atoms with Crippen LogP contribution in [0.15, 0.2) is 120 Å². The molecule has 0 bridgehead atoms. The smallest absolute Gasteiger partial charge is 0.00620 e. The molecular weight excluding hydrogens is 360 g/mol. The van der Waals surface area contributed by atoms with Crippen molar-refractivity contribution in [2.75, 3.05) is 0 Å². The molecule has 0 N–H and O–H groups in total. The van der Waals surface area contributed by atoms with Crippen molar-refractivity contribution in [1.29, 1.82) is 0 Å². The topological polar surface area (TPSA) is 0 Å². The third-order valence-corrected chi connectivity index (χ3v) is 6.34. The Morgan fingerprint density at radius 3 is 2.07 bits per heavy atom. The van der Waals surface area contributed by atoms with Gasteiger partial charge in [0.05, 0.1) is 0 Å². The fourth-order valence-corrected chi connectivity index (χ4v) is 4.69. The highest BCUT2D eigenvalue weighted by molar-refractivity contribution is 5.76. The van der Waals surface area contributed by atoms with Crippen molar-refractivity contribution < 1.29 is 0 Å². The molecule has 148 valence electrons. The van der Waals surface area contributed by atoms with Crippen molar-refractivity contribution >= 4 is 5.57 Å². The molecule has 2 unspecified atom stereocenters. The monoisotopic (exact) mass is 388 g/mol. The van der Waals surface area contributed by atoms with Crippen LogP contribution in [0.25, 0.3) is 5.57 Å². The van der Waals surface area contributed by atoms with E-state index in [0.29, 0.717) is 11.8 Å². The van der Waals surface area contributed by atoms with Crippen molar-refractivity contribution in [2.45, 2.75) is 37.5 Å². The maximum Gasteiger partial charge on any atom is 0.00620 e. The van der Waals surface area contributed by atoms with Crippen LogP contribution in [-0.2, 0) is 0 Å². The van der Waals surface area contributed by atoms with E-state index in [1.165, 1.54) is 39.8 Å². The largest absolute Gasteiger partial charge is 0.0836 e. The lowest BCUT2D eigenvalue weighted by atomic mass is 9.84. The third-order valence-electron chi connectivity index (χ3n) is 6.34. The van der Waals surface area contributed by atoms with Gasteiger partial charge in [-0.05, 0) is 59.1 Å². The van der Waals surface area contributed by atoms with Gasteiger partial charge in [0.15, 0.2) is 0 Å². The van der Waals surface area contributed by atoms with Crippen LogP contribution >= 0.6 is 0 Å². The van der Waals surface area contributed by atoms with Gasteiger partial charge in [0.1, 0.15) is 0 Å². The molecule has 2 aromatic rings. The van der Waals surface area contributed by atoms with Gasteiger partial charge in [0.2, 0.25) is 0 Å². The van der Waals surface area contributed by atoms with Gasteiger partial charge >= 0.3 is 0 Å². The summed E-state index contributed by atoms with van der Waals surface area (Å²) in [4.78, 5) is 0. The first-order chi connectivity index (χ1) is 14.9. The van der Waals surface area contributed by atoms with Crippen molar-refractivity contribution in [3.8, 4) is 0 Å². The third kappa shape index (κ3) is 4.09. The Labute approximate surface area is 180 Å². The Balaban J connectivity index is 1.42. The normalized spacial score (nSPS) is 23.0. The molecule has 0 aromatic heterocycles. The summed E-state index contributed by atoms with van der Waals surface area (Å²) < 4.78 is 0. The average Bonchev–Trinajstić information content (AvgIpc) is 2.85. The highest BCUT2D eigenvalue weighted by atomic mass is 14.2. The molecule has 0 heteroatoms. The lowest BCUT2D eigenvalue weighted by molar-refractivity contribution is 0.843. The Bertz CT molecular complexity index is 1090. The second-order valence-electron chi connectivity index (χ2n) is 8.41. The molecule has 0 aliphatic heterocycles. The van der Waals surface area contributed by atoms with Gasteiger partial charge in [-0.2, -0.15) is 0 Å². The van der Waals surface area contributed by atoms with Crippen LogP contribution in [0.2, 0.25) is 0 Å². The van der Waals surface area contributed by atoms with Crippen LogP contribution < -0.4 is 0 Å². The molecule has 0 spiro atoms. The summed E-state index contributed by atoms with van der Waals surface area (Å²) in [5, 5.41) is 0. The van der Waals surface area contributed by atoms with Gasteiger partial charge in [-0.25, -0.2) is 0 Å². The minimum absolute atomic E-state index is 0.444. The molecule has 5 rings (SSSR count). The molecule has 30 heavy (non-hydrogen) atoms. The Morgan fingerprint density at radius 2 is 1.27 bits per heavy atom. The molecule has 0 saturated carbocycles. The van der Waals surface area contributed by atoms with E-state index in [2.05, 4.69) is 109 Å². The number of allylic oxidation sites excluding steroid dienone is 12. The van der Waals surface area contributed by atoms with Crippen LogP contribution in [0.3, 0.4) is 0 Å². The van der Waals surface area contributed by atoms with E-state index >= 15 is 0 Å². The zero-order valence-corrected chi connectivity index (χ0v) is 17.4. The lowest BCUT2D eigenvalue weighted by Crippen LogP contribution is -2.03. The average molecular weight is 389 g/mol. The van der Waals surface area contributed by atoms with Gasteiger partial charge in [0, 0.05) is 11.8 Å². The second kappa shape index (κ2) is 8.71. The maximum absolute atomic E-state index is 2.46. The van der Waals surface area contributed by atoms with E-state index in [4.69, 9.17) is 0 Å². The quantitative estimate of drug-likeness (QED) is 0.497. The molecule has 0 fully saturated rings. The summed E-state index contributed by atoms with van der Waals surface area (Å²) >= 11 is 0. The zero-order valence-electron chi connectivity index (χ0n) is 17.4. The Morgan fingerprint density at radius 1 is 0.567 bits per heavy atom.